The van der Waals surface area contributed by atoms with Crippen molar-refractivity contribution in [1.82, 2.24) is 15.0 Å². The number of halogens is 1. The fourth-order valence-electron chi connectivity index (χ4n) is 1.45. The van der Waals surface area contributed by atoms with Gasteiger partial charge in [-0.3, -0.25) is 11.3 Å². The van der Waals surface area contributed by atoms with E-state index >= 15 is 0 Å². The molecule has 4 nitrogen and oxygen atoms in total. The maximum atomic E-state index is 5.89. The predicted octanol–water partition coefficient (Wildman–Crippen LogP) is 2.31. The fourth-order valence-corrected chi connectivity index (χ4v) is 3.28. The van der Waals surface area contributed by atoms with E-state index in [-0.39, 0.29) is 6.04 Å². The highest BCUT2D eigenvalue weighted by atomic mass is 35.5. The molecule has 0 aliphatic rings. The fraction of sp³-hybridized carbons (Fsp3) is 0.333. The maximum absolute atomic E-state index is 5.89. The van der Waals surface area contributed by atoms with E-state index in [4.69, 9.17) is 17.4 Å². The Balaban J connectivity index is 2.15. The van der Waals surface area contributed by atoms with Crippen molar-refractivity contribution in [3.05, 3.63) is 31.9 Å². The summed E-state index contributed by atoms with van der Waals surface area (Å²) in [5.41, 5.74) is 3.72. The summed E-state index contributed by atoms with van der Waals surface area (Å²) in [5, 5.41) is 3.98. The summed E-state index contributed by atoms with van der Waals surface area (Å²) in [6.45, 7) is 1.94. The molecule has 0 aliphatic carbocycles. The lowest BCUT2D eigenvalue weighted by atomic mass is 10.1. The Bertz CT molecular complexity index is 468. The summed E-state index contributed by atoms with van der Waals surface area (Å²) < 4.78 is 4.71. The molecule has 0 aromatic carbocycles. The number of hydrogen-bond acceptors (Lipinski definition) is 6. The molecular formula is C9H11ClN4S2. The van der Waals surface area contributed by atoms with Crippen LogP contribution in [0.3, 0.4) is 0 Å². The third-order valence-electron chi connectivity index (χ3n) is 2.24. The van der Waals surface area contributed by atoms with Crippen LogP contribution in [0.4, 0.5) is 0 Å². The predicted molar refractivity (Wildman–Crippen MR) is 67.7 cm³/mol. The van der Waals surface area contributed by atoms with Crippen molar-refractivity contribution in [2.75, 3.05) is 0 Å². The van der Waals surface area contributed by atoms with Gasteiger partial charge in [0.15, 0.2) is 0 Å². The molecule has 3 N–H and O–H groups in total. The van der Waals surface area contributed by atoms with Gasteiger partial charge >= 0.3 is 0 Å². The zero-order valence-corrected chi connectivity index (χ0v) is 11.0. The molecular weight excluding hydrogens is 264 g/mol. The molecule has 2 rings (SSSR count). The smallest absolute Gasteiger partial charge is 0.0931 e. The summed E-state index contributed by atoms with van der Waals surface area (Å²) in [7, 11) is 0. The van der Waals surface area contributed by atoms with Crippen molar-refractivity contribution in [3.63, 3.8) is 0 Å². The summed E-state index contributed by atoms with van der Waals surface area (Å²) in [4.78, 5) is 2.27. The second-order valence-electron chi connectivity index (χ2n) is 3.35. The molecule has 0 spiro atoms. The first-order valence-corrected chi connectivity index (χ1v) is 6.66. The Morgan fingerprint density at radius 1 is 1.56 bits per heavy atom. The number of aryl methyl sites for hydroxylation is 1. The van der Waals surface area contributed by atoms with Gasteiger partial charge in [0.2, 0.25) is 0 Å². The zero-order chi connectivity index (χ0) is 11.5. The summed E-state index contributed by atoms with van der Waals surface area (Å²) in [5.74, 6) is 5.56. The first kappa shape index (κ1) is 11.9. The van der Waals surface area contributed by atoms with Gasteiger partial charge in [-0.05, 0) is 30.6 Å². The average Bonchev–Trinajstić information content (AvgIpc) is 2.84. The van der Waals surface area contributed by atoms with Crippen molar-refractivity contribution in [2.24, 2.45) is 5.84 Å². The minimum atomic E-state index is 0.0507. The van der Waals surface area contributed by atoms with Gasteiger partial charge in [-0.25, -0.2) is 0 Å². The summed E-state index contributed by atoms with van der Waals surface area (Å²) in [6.07, 6.45) is 0.804. The van der Waals surface area contributed by atoms with E-state index < -0.39 is 0 Å². The third-order valence-corrected chi connectivity index (χ3v) is 4.43. The summed E-state index contributed by atoms with van der Waals surface area (Å²) in [6, 6.07) is 3.96. The van der Waals surface area contributed by atoms with Crippen LogP contribution in [0.1, 0.15) is 21.5 Å². The molecule has 0 bridgehead atoms. The molecule has 2 aromatic heterocycles. The van der Waals surface area contributed by atoms with Gasteiger partial charge in [0.05, 0.1) is 20.9 Å². The lowest BCUT2D eigenvalue weighted by molar-refractivity contribution is 0.561. The van der Waals surface area contributed by atoms with E-state index in [9.17, 15) is 0 Å². The van der Waals surface area contributed by atoms with Crippen LogP contribution < -0.4 is 11.3 Å². The molecule has 0 radical (unpaired) electrons. The van der Waals surface area contributed by atoms with Crippen LogP contribution >= 0.6 is 34.5 Å². The van der Waals surface area contributed by atoms with Crippen LogP contribution in [0.5, 0.6) is 0 Å². The number of hydrazine groups is 1. The lowest BCUT2D eigenvalue weighted by Gasteiger charge is -2.12. The lowest BCUT2D eigenvalue weighted by Crippen LogP contribution is -2.29. The van der Waals surface area contributed by atoms with Crippen LogP contribution in [-0.4, -0.2) is 9.59 Å². The quantitative estimate of drug-likeness (QED) is 0.663. The van der Waals surface area contributed by atoms with Crippen LogP contribution in [-0.2, 0) is 6.42 Å². The number of nitrogens with one attached hydrogen (secondary N) is 1. The van der Waals surface area contributed by atoms with E-state index in [1.807, 2.05) is 19.1 Å². The van der Waals surface area contributed by atoms with Gasteiger partial charge in [-0.15, -0.1) is 16.4 Å². The second-order valence-corrected chi connectivity index (χ2v) is 5.94. The standard InChI is InChI=1S/C9H11ClN4S2/c1-5-9(16-14-13-5)7(12-11)4-6-2-3-8(10)15-6/h2-3,7,12H,4,11H2,1H3. The zero-order valence-electron chi connectivity index (χ0n) is 8.61. The van der Waals surface area contributed by atoms with E-state index in [0.29, 0.717) is 0 Å². The van der Waals surface area contributed by atoms with E-state index in [1.54, 1.807) is 11.3 Å². The van der Waals surface area contributed by atoms with Crippen molar-refractivity contribution in [3.8, 4) is 0 Å². The molecule has 2 aromatic rings. The molecule has 7 heteroatoms. The van der Waals surface area contributed by atoms with Gasteiger partial charge in [-0.1, -0.05) is 16.1 Å². The van der Waals surface area contributed by atoms with Gasteiger partial charge in [-0.2, -0.15) is 0 Å². The highest BCUT2D eigenvalue weighted by Gasteiger charge is 2.17. The molecule has 0 amide bonds. The van der Waals surface area contributed by atoms with E-state index in [2.05, 4.69) is 15.0 Å². The normalized spacial score (nSPS) is 12.9. The Labute approximate surface area is 107 Å². The van der Waals surface area contributed by atoms with Crippen molar-refractivity contribution in [1.29, 1.82) is 0 Å². The topological polar surface area (TPSA) is 63.8 Å². The average molecular weight is 275 g/mol. The monoisotopic (exact) mass is 274 g/mol. The Kier molecular flexibility index (Phi) is 3.88. The number of aromatic nitrogens is 2. The molecule has 0 saturated carbocycles. The maximum Gasteiger partial charge on any atom is 0.0931 e. The summed E-state index contributed by atoms with van der Waals surface area (Å²) >= 11 is 8.83. The SMILES string of the molecule is Cc1nnsc1C(Cc1ccc(Cl)s1)NN. The minimum absolute atomic E-state index is 0.0507. The first-order valence-electron chi connectivity index (χ1n) is 4.70. The van der Waals surface area contributed by atoms with Gasteiger partial charge in [0.25, 0.3) is 0 Å². The third kappa shape index (κ3) is 2.58. The number of nitrogens with zero attached hydrogens (tertiary/aromatic N) is 2. The van der Waals surface area contributed by atoms with E-state index in [0.717, 1.165) is 21.3 Å². The highest BCUT2D eigenvalue weighted by molar-refractivity contribution is 7.16. The largest absolute Gasteiger partial charge is 0.271 e. The van der Waals surface area contributed by atoms with Crippen molar-refractivity contribution in [2.45, 2.75) is 19.4 Å². The second kappa shape index (κ2) is 5.20. The Morgan fingerprint density at radius 3 is 2.88 bits per heavy atom. The molecule has 0 aliphatic heterocycles. The first-order chi connectivity index (χ1) is 7.70. The molecule has 0 fully saturated rings. The highest BCUT2D eigenvalue weighted by Crippen LogP contribution is 2.28. The molecule has 2 heterocycles. The number of nitrogens with two attached hydrogens (primary N) is 1. The van der Waals surface area contributed by atoms with Crippen molar-refractivity contribution >= 4 is 34.5 Å². The minimum Gasteiger partial charge on any atom is -0.271 e. The Hall–Kier alpha value is -0.530. The van der Waals surface area contributed by atoms with Crippen LogP contribution in [0.25, 0.3) is 0 Å². The molecule has 1 atom stereocenters. The van der Waals surface area contributed by atoms with Crippen LogP contribution in [0, 0.1) is 6.92 Å². The van der Waals surface area contributed by atoms with Gasteiger partial charge < -0.3 is 0 Å². The van der Waals surface area contributed by atoms with Crippen LogP contribution in [0.15, 0.2) is 12.1 Å². The Morgan fingerprint density at radius 2 is 2.38 bits per heavy atom. The number of hydrogen-bond donors (Lipinski definition) is 2. The van der Waals surface area contributed by atoms with Gasteiger partial charge in [0, 0.05) is 11.3 Å². The van der Waals surface area contributed by atoms with Crippen molar-refractivity contribution < 1.29 is 0 Å². The molecule has 16 heavy (non-hydrogen) atoms. The van der Waals surface area contributed by atoms with E-state index in [1.165, 1.54) is 16.4 Å². The van der Waals surface area contributed by atoms with Crippen LogP contribution in [0.2, 0.25) is 4.34 Å². The molecule has 1 unspecified atom stereocenters. The number of rotatable bonds is 4. The molecule has 86 valence electrons. The van der Waals surface area contributed by atoms with Gasteiger partial charge in [0.1, 0.15) is 0 Å². The number of thiophene rings is 1. The molecule has 0 saturated heterocycles.